The molecule has 230 valence electrons. The van der Waals surface area contributed by atoms with E-state index in [1.165, 1.54) is 59.0 Å². The second-order valence-electron chi connectivity index (χ2n) is 11.9. The van der Waals surface area contributed by atoms with Gasteiger partial charge in [-0.25, -0.2) is 4.79 Å². The van der Waals surface area contributed by atoms with Gasteiger partial charge >= 0.3 is 5.97 Å². The molecule has 0 unspecified atom stereocenters. The number of nitrogens with zero attached hydrogens (tertiary/aromatic N) is 2. The standard InChI is InChI=1S/C36H28N2O8/c39-31(22-8-14-27(15-9-22)46-28-16-12-26(13-17-28)38(43)44)20-45-36(42)23-6-10-25(11-7-23)37-34(40)32-24-18-29(21-4-2-1-3-5-21)30(19-24)33(32)35(37)41/h1-17,24,29-30,32-33H,18-20H2/t24-,29-,30+,32-,33-/m1/s1. The second kappa shape index (κ2) is 11.7. The normalized spacial score (nSPS) is 22.9. The number of hydrogen-bond acceptors (Lipinski definition) is 8. The third-order valence-electron chi connectivity index (χ3n) is 9.40. The maximum atomic E-state index is 13.6. The van der Waals surface area contributed by atoms with Gasteiger partial charge in [0.2, 0.25) is 11.8 Å². The Bertz CT molecular complexity index is 1840. The zero-order valence-electron chi connectivity index (χ0n) is 24.5. The fourth-order valence-corrected chi connectivity index (χ4v) is 7.32. The highest BCUT2D eigenvalue weighted by molar-refractivity contribution is 6.22. The average molecular weight is 617 g/mol. The van der Waals surface area contributed by atoms with Crippen molar-refractivity contribution in [2.24, 2.45) is 23.7 Å². The number of hydrogen-bond donors (Lipinski definition) is 0. The lowest BCUT2D eigenvalue weighted by Gasteiger charge is -2.28. The Labute approximate surface area is 263 Å². The van der Waals surface area contributed by atoms with Crippen LogP contribution in [0.4, 0.5) is 11.4 Å². The molecule has 2 saturated carbocycles. The molecule has 0 aromatic heterocycles. The van der Waals surface area contributed by atoms with E-state index < -0.39 is 23.3 Å². The Morgan fingerprint density at radius 3 is 2.02 bits per heavy atom. The van der Waals surface area contributed by atoms with Crippen LogP contribution >= 0.6 is 0 Å². The van der Waals surface area contributed by atoms with E-state index >= 15 is 0 Å². The van der Waals surface area contributed by atoms with Crippen LogP contribution in [0.15, 0.2) is 103 Å². The zero-order valence-corrected chi connectivity index (χ0v) is 24.5. The van der Waals surface area contributed by atoms with Crippen LogP contribution in [-0.4, -0.2) is 35.1 Å². The maximum absolute atomic E-state index is 13.6. The molecule has 2 amide bonds. The topological polar surface area (TPSA) is 133 Å². The highest BCUT2D eigenvalue weighted by Crippen LogP contribution is 2.61. The number of nitro benzene ring substituents is 1. The number of ether oxygens (including phenoxy) is 2. The summed E-state index contributed by atoms with van der Waals surface area (Å²) in [6.45, 7) is -0.485. The number of nitro groups is 1. The van der Waals surface area contributed by atoms with Crippen LogP contribution in [0.1, 0.15) is 45.0 Å². The number of Topliss-reactive ketones (excluding diaryl/α,β-unsaturated/α-hetero) is 1. The number of amides is 2. The van der Waals surface area contributed by atoms with E-state index in [4.69, 9.17) is 9.47 Å². The molecule has 5 atom stereocenters. The summed E-state index contributed by atoms with van der Waals surface area (Å²) in [4.78, 5) is 64.0. The van der Waals surface area contributed by atoms with Gasteiger partial charge in [0.05, 0.1) is 28.0 Å². The summed E-state index contributed by atoms with van der Waals surface area (Å²) in [5.41, 5.74) is 2.08. The van der Waals surface area contributed by atoms with Crippen LogP contribution in [-0.2, 0) is 14.3 Å². The number of carbonyl (C=O) groups excluding carboxylic acids is 4. The van der Waals surface area contributed by atoms with Gasteiger partial charge in [0, 0.05) is 17.7 Å². The van der Waals surface area contributed by atoms with Crippen molar-refractivity contribution in [3.63, 3.8) is 0 Å². The molecule has 1 aliphatic heterocycles. The Morgan fingerprint density at radius 1 is 0.761 bits per heavy atom. The molecule has 7 rings (SSSR count). The number of rotatable bonds is 9. The SMILES string of the molecule is O=C(COC(=O)c1ccc(N2C(=O)[C@@H]3[C@H]4C[C@H]([C@H]3C2=O)[C@@H](c2ccccc2)C4)cc1)c1ccc(Oc2ccc([N+](=O)[O-])cc2)cc1. The predicted octanol–water partition coefficient (Wildman–Crippen LogP) is 6.36. The molecule has 1 heterocycles. The van der Waals surface area contributed by atoms with E-state index in [2.05, 4.69) is 12.1 Å². The maximum Gasteiger partial charge on any atom is 0.338 e. The second-order valence-corrected chi connectivity index (χ2v) is 11.9. The highest BCUT2D eigenvalue weighted by Gasteiger charge is 2.64. The lowest BCUT2D eigenvalue weighted by Crippen LogP contribution is -2.33. The van der Waals surface area contributed by atoms with Crippen LogP contribution in [0.5, 0.6) is 11.5 Å². The summed E-state index contributed by atoms with van der Waals surface area (Å²) in [6.07, 6.45) is 1.80. The smallest absolute Gasteiger partial charge is 0.338 e. The highest BCUT2D eigenvalue weighted by atomic mass is 16.6. The number of anilines is 1. The minimum Gasteiger partial charge on any atom is -0.457 e. The fourth-order valence-electron chi connectivity index (χ4n) is 7.32. The number of ketones is 1. The van der Waals surface area contributed by atoms with Gasteiger partial charge in [0.1, 0.15) is 11.5 Å². The van der Waals surface area contributed by atoms with Crippen molar-refractivity contribution in [1.29, 1.82) is 0 Å². The predicted molar refractivity (Wildman–Crippen MR) is 166 cm³/mol. The van der Waals surface area contributed by atoms with E-state index in [0.717, 1.165) is 12.8 Å². The van der Waals surface area contributed by atoms with Crippen LogP contribution < -0.4 is 9.64 Å². The number of imide groups is 1. The van der Waals surface area contributed by atoms with Gasteiger partial charge in [0.25, 0.3) is 5.69 Å². The molecule has 4 aromatic rings. The number of benzene rings is 4. The minimum atomic E-state index is -0.710. The Kier molecular flexibility index (Phi) is 7.40. The van der Waals surface area contributed by atoms with Crippen molar-refractivity contribution in [1.82, 2.24) is 0 Å². The third kappa shape index (κ3) is 5.21. The molecular formula is C36H28N2O8. The van der Waals surface area contributed by atoms with Crippen LogP contribution in [0.25, 0.3) is 0 Å². The Hall–Kier alpha value is -5.64. The lowest BCUT2D eigenvalue weighted by molar-refractivity contribution is -0.384. The van der Waals surface area contributed by atoms with E-state index in [1.54, 1.807) is 24.3 Å². The summed E-state index contributed by atoms with van der Waals surface area (Å²) in [5, 5.41) is 10.8. The first kappa shape index (κ1) is 29.1. The minimum absolute atomic E-state index is 0.0540. The molecule has 3 aliphatic rings. The summed E-state index contributed by atoms with van der Waals surface area (Å²) in [7, 11) is 0. The summed E-state index contributed by atoms with van der Waals surface area (Å²) in [6, 6.07) is 28.1. The van der Waals surface area contributed by atoms with Gasteiger partial charge in [-0.1, -0.05) is 30.3 Å². The van der Waals surface area contributed by atoms with Crippen molar-refractivity contribution < 1.29 is 33.6 Å². The van der Waals surface area contributed by atoms with E-state index in [0.29, 0.717) is 22.7 Å². The number of carbonyl (C=O) groups is 4. The summed E-state index contributed by atoms with van der Waals surface area (Å²) >= 11 is 0. The first-order valence-corrected chi connectivity index (χ1v) is 15.0. The van der Waals surface area contributed by atoms with E-state index in [-0.39, 0.29) is 52.7 Å². The van der Waals surface area contributed by atoms with E-state index in [1.807, 2.05) is 18.2 Å². The van der Waals surface area contributed by atoms with Crippen molar-refractivity contribution in [3.8, 4) is 11.5 Å². The van der Waals surface area contributed by atoms with Crippen molar-refractivity contribution in [2.45, 2.75) is 18.8 Å². The van der Waals surface area contributed by atoms with Crippen molar-refractivity contribution in [2.75, 3.05) is 11.5 Å². The molecule has 0 N–H and O–H groups in total. The van der Waals surface area contributed by atoms with Gasteiger partial charge < -0.3 is 9.47 Å². The molecular weight excluding hydrogens is 588 g/mol. The molecule has 0 radical (unpaired) electrons. The molecule has 10 nitrogen and oxygen atoms in total. The zero-order chi connectivity index (χ0) is 31.9. The molecule has 2 aliphatic carbocycles. The molecule has 10 heteroatoms. The van der Waals surface area contributed by atoms with Crippen LogP contribution in [0, 0.1) is 33.8 Å². The monoisotopic (exact) mass is 616 g/mol. The fraction of sp³-hybridized carbons (Fsp3) is 0.222. The Balaban J connectivity index is 0.947. The van der Waals surface area contributed by atoms with Gasteiger partial charge in [-0.05, 0) is 96.8 Å². The molecule has 2 bridgehead atoms. The summed E-state index contributed by atoms with van der Waals surface area (Å²) < 4.78 is 10.9. The van der Waals surface area contributed by atoms with Gasteiger partial charge in [0.15, 0.2) is 12.4 Å². The van der Waals surface area contributed by atoms with Gasteiger partial charge in [-0.3, -0.25) is 29.4 Å². The lowest BCUT2D eigenvalue weighted by atomic mass is 9.73. The molecule has 1 saturated heterocycles. The molecule has 4 aromatic carbocycles. The number of esters is 1. The number of non-ortho nitro benzene ring substituents is 1. The van der Waals surface area contributed by atoms with Gasteiger partial charge in [-0.2, -0.15) is 0 Å². The van der Waals surface area contributed by atoms with Crippen LogP contribution in [0.3, 0.4) is 0 Å². The first-order valence-electron chi connectivity index (χ1n) is 15.0. The van der Waals surface area contributed by atoms with E-state index in [9.17, 15) is 29.3 Å². The number of fused-ring (bicyclic) bond motifs is 5. The molecule has 46 heavy (non-hydrogen) atoms. The van der Waals surface area contributed by atoms with Crippen molar-refractivity contribution >= 4 is 34.9 Å². The average Bonchev–Trinajstić information content (AvgIpc) is 3.75. The molecule has 0 spiro atoms. The Morgan fingerprint density at radius 2 is 1.37 bits per heavy atom. The quantitative estimate of drug-likeness (QED) is 0.0698. The largest absolute Gasteiger partial charge is 0.457 e. The van der Waals surface area contributed by atoms with Gasteiger partial charge in [-0.15, -0.1) is 0 Å². The summed E-state index contributed by atoms with van der Waals surface area (Å²) in [5.74, 6) is -0.667. The first-order chi connectivity index (χ1) is 22.3. The van der Waals surface area contributed by atoms with Crippen LogP contribution in [0.2, 0.25) is 0 Å². The molecule has 3 fully saturated rings. The van der Waals surface area contributed by atoms with Crippen molar-refractivity contribution in [3.05, 3.63) is 130 Å². The third-order valence-corrected chi connectivity index (χ3v) is 9.40.